The molecule has 4 rings (SSSR count). The number of nitriles is 1. The SMILES string of the molecule is CC(=O)Nc1ccc(C2=C(Nc3ccccc3C)C(=O)N(c3ccc(C#N)cc3)C2=O)cc1. The van der Waals surface area contributed by atoms with Crippen LogP contribution in [0.4, 0.5) is 17.1 Å². The second kappa shape index (κ2) is 8.81. The molecule has 33 heavy (non-hydrogen) atoms. The molecule has 1 aliphatic heterocycles. The number of nitrogens with zero attached hydrogens (tertiary/aromatic N) is 2. The molecule has 0 aromatic heterocycles. The number of para-hydroxylation sites is 1. The van der Waals surface area contributed by atoms with E-state index in [1.165, 1.54) is 6.92 Å². The van der Waals surface area contributed by atoms with Crippen LogP contribution in [0.1, 0.15) is 23.6 Å². The van der Waals surface area contributed by atoms with Crippen molar-refractivity contribution in [2.75, 3.05) is 15.5 Å². The Morgan fingerprint density at radius 1 is 0.909 bits per heavy atom. The summed E-state index contributed by atoms with van der Waals surface area (Å²) in [5, 5.41) is 14.9. The first kappa shape index (κ1) is 21.5. The number of imide groups is 1. The van der Waals surface area contributed by atoms with E-state index in [0.29, 0.717) is 28.2 Å². The Balaban J connectivity index is 1.79. The van der Waals surface area contributed by atoms with Crippen LogP contribution in [0.5, 0.6) is 0 Å². The highest BCUT2D eigenvalue weighted by Gasteiger charge is 2.40. The molecule has 7 heteroatoms. The van der Waals surface area contributed by atoms with Gasteiger partial charge in [-0.05, 0) is 60.5 Å². The largest absolute Gasteiger partial charge is 0.350 e. The molecule has 0 unspecified atom stereocenters. The fourth-order valence-corrected chi connectivity index (χ4v) is 3.60. The fourth-order valence-electron chi connectivity index (χ4n) is 3.60. The van der Waals surface area contributed by atoms with Crippen LogP contribution in [0.3, 0.4) is 0 Å². The van der Waals surface area contributed by atoms with Crippen LogP contribution in [0.2, 0.25) is 0 Å². The van der Waals surface area contributed by atoms with Crippen LogP contribution < -0.4 is 15.5 Å². The molecular formula is C26H20N4O3. The van der Waals surface area contributed by atoms with Gasteiger partial charge in [-0.1, -0.05) is 30.3 Å². The van der Waals surface area contributed by atoms with Crippen LogP contribution in [-0.4, -0.2) is 17.7 Å². The van der Waals surface area contributed by atoms with Gasteiger partial charge >= 0.3 is 0 Å². The number of hydrogen-bond acceptors (Lipinski definition) is 5. The Bertz CT molecular complexity index is 1330. The van der Waals surface area contributed by atoms with Crippen LogP contribution in [0.25, 0.3) is 5.57 Å². The monoisotopic (exact) mass is 436 g/mol. The Labute approximate surface area is 191 Å². The van der Waals surface area contributed by atoms with E-state index in [4.69, 9.17) is 5.26 Å². The van der Waals surface area contributed by atoms with E-state index in [9.17, 15) is 14.4 Å². The molecule has 0 bridgehead atoms. The number of hydrogen-bond donors (Lipinski definition) is 2. The van der Waals surface area contributed by atoms with E-state index in [2.05, 4.69) is 10.6 Å². The summed E-state index contributed by atoms with van der Waals surface area (Å²) in [6.07, 6.45) is 0. The molecule has 0 radical (unpaired) electrons. The maximum Gasteiger partial charge on any atom is 0.282 e. The molecule has 0 atom stereocenters. The number of aryl methyl sites for hydroxylation is 1. The second-order valence-corrected chi connectivity index (χ2v) is 7.55. The smallest absolute Gasteiger partial charge is 0.282 e. The summed E-state index contributed by atoms with van der Waals surface area (Å²) in [4.78, 5) is 39.4. The Hall–Kier alpha value is -4.70. The topological polar surface area (TPSA) is 102 Å². The van der Waals surface area contributed by atoms with Crippen molar-refractivity contribution in [1.82, 2.24) is 0 Å². The molecule has 3 amide bonds. The molecule has 7 nitrogen and oxygen atoms in total. The highest BCUT2D eigenvalue weighted by Crippen LogP contribution is 2.34. The summed E-state index contributed by atoms with van der Waals surface area (Å²) in [7, 11) is 0. The lowest BCUT2D eigenvalue weighted by atomic mass is 10.0. The number of anilines is 3. The number of carbonyl (C=O) groups excluding carboxylic acids is 3. The average Bonchev–Trinajstić information content (AvgIpc) is 3.05. The molecule has 0 saturated carbocycles. The fraction of sp³-hybridized carbons (Fsp3) is 0.0769. The minimum Gasteiger partial charge on any atom is -0.350 e. The Morgan fingerprint density at radius 2 is 1.58 bits per heavy atom. The first-order valence-electron chi connectivity index (χ1n) is 10.2. The standard InChI is InChI=1S/C26H20N4O3/c1-16-5-3-4-6-22(16)29-24-23(19-9-11-20(12-10-19)28-17(2)31)25(32)30(26(24)33)21-13-7-18(15-27)8-14-21/h3-14,29H,1-2H3,(H,28,31). The number of nitrogens with one attached hydrogen (secondary N) is 2. The number of amides is 3. The third kappa shape index (κ3) is 4.23. The van der Waals surface area contributed by atoms with E-state index in [-0.39, 0.29) is 17.2 Å². The van der Waals surface area contributed by atoms with Gasteiger partial charge in [-0.25, -0.2) is 4.90 Å². The number of carbonyl (C=O) groups is 3. The molecule has 3 aromatic carbocycles. The van der Waals surface area contributed by atoms with Gasteiger partial charge in [-0.3, -0.25) is 14.4 Å². The normalized spacial score (nSPS) is 13.2. The van der Waals surface area contributed by atoms with Gasteiger partial charge < -0.3 is 10.6 Å². The molecule has 162 valence electrons. The van der Waals surface area contributed by atoms with Gasteiger partial charge in [-0.2, -0.15) is 5.26 Å². The summed E-state index contributed by atoms with van der Waals surface area (Å²) in [5.74, 6) is -1.18. The average molecular weight is 436 g/mol. The summed E-state index contributed by atoms with van der Waals surface area (Å²) < 4.78 is 0. The summed E-state index contributed by atoms with van der Waals surface area (Å²) in [5.41, 5.74) is 3.93. The van der Waals surface area contributed by atoms with Crippen molar-refractivity contribution < 1.29 is 14.4 Å². The molecule has 2 N–H and O–H groups in total. The molecule has 0 spiro atoms. The number of rotatable bonds is 5. The number of benzene rings is 3. The molecular weight excluding hydrogens is 416 g/mol. The van der Waals surface area contributed by atoms with Crippen LogP contribution in [0.15, 0.2) is 78.5 Å². The van der Waals surface area contributed by atoms with Crippen molar-refractivity contribution in [3.8, 4) is 6.07 Å². The summed E-state index contributed by atoms with van der Waals surface area (Å²) in [6, 6.07) is 22.5. The second-order valence-electron chi connectivity index (χ2n) is 7.55. The molecule has 0 saturated heterocycles. The minimum atomic E-state index is -0.492. The zero-order chi connectivity index (χ0) is 23.5. The van der Waals surface area contributed by atoms with Gasteiger partial charge in [-0.15, -0.1) is 0 Å². The van der Waals surface area contributed by atoms with Crippen molar-refractivity contribution >= 4 is 40.4 Å². The molecule has 0 aliphatic carbocycles. The lowest BCUT2D eigenvalue weighted by molar-refractivity contribution is -0.120. The Kier molecular flexibility index (Phi) is 5.75. The van der Waals surface area contributed by atoms with Crippen molar-refractivity contribution in [3.05, 3.63) is 95.2 Å². The van der Waals surface area contributed by atoms with Gasteiger partial charge in [0.05, 0.1) is 22.9 Å². The van der Waals surface area contributed by atoms with Crippen molar-refractivity contribution in [2.45, 2.75) is 13.8 Å². The third-order valence-electron chi connectivity index (χ3n) is 5.24. The first-order chi connectivity index (χ1) is 15.9. The van der Waals surface area contributed by atoms with Gasteiger partial charge in [0.15, 0.2) is 0 Å². The van der Waals surface area contributed by atoms with E-state index in [0.717, 1.165) is 10.5 Å². The van der Waals surface area contributed by atoms with Gasteiger partial charge in [0.1, 0.15) is 5.70 Å². The summed E-state index contributed by atoms with van der Waals surface area (Å²) in [6.45, 7) is 3.32. The van der Waals surface area contributed by atoms with E-state index >= 15 is 0 Å². The Morgan fingerprint density at radius 3 is 2.18 bits per heavy atom. The third-order valence-corrected chi connectivity index (χ3v) is 5.24. The molecule has 1 heterocycles. The zero-order valence-corrected chi connectivity index (χ0v) is 18.0. The van der Waals surface area contributed by atoms with E-state index < -0.39 is 11.8 Å². The molecule has 0 fully saturated rings. The first-order valence-corrected chi connectivity index (χ1v) is 10.2. The van der Waals surface area contributed by atoms with E-state index in [1.807, 2.05) is 37.3 Å². The van der Waals surface area contributed by atoms with Gasteiger partial charge in [0.25, 0.3) is 11.8 Å². The lowest BCUT2D eigenvalue weighted by Crippen LogP contribution is -2.32. The maximum atomic E-state index is 13.5. The van der Waals surface area contributed by atoms with Gasteiger partial charge in [0.2, 0.25) is 5.91 Å². The van der Waals surface area contributed by atoms with Crippen molar-refractivity contribution in [1.29, 1.82) is 5.26 Å². The van der Waals surface area contributed by atoms with E-state index in [1.54, 1.807) is 48.5 Å². The highest BCUT2D eigenvalue weighted by molar-refractivity contribution is 6.46. The van der Waals surface area contributed by atoms with Crippen LogP contribution >= 0.6 is 0 Å². The molecule has 1 aliphatic rings. The molecule has 3 aromatic rings. The summed E-state index contributed by atoms with van der Waals surface area (Å²) >= 11 is 0. The van der Waals surface area contributed by atoms with Gasteiger partial charge in [0, 0.05) is 18.3 Å². The predicted octanol–water partition coefficient (Wildman–Crippen LogP) is 4.22. The van der Waals surface area contributed by atoms with Crippen LogP contribution in [0, 0.1) is 18.3 Å². The van der Waals surface area contributed by atoms with Crippen LogP contribution in [-0.2, 0) is 14.4 Å². The minimum absolute atomic E-state index is 0.158. The van der Waals surface area contributed by atoms with Crippen molar-refractivity contribution in [3.63, 3.8) is 0 Å². The predicted molar refractivity (Wildman–Crippen MR) is 126 cm³/mol. The highest BCUT2D eigenvalue weighted by atomic mass is 16.2. The maximum absolute atomic E-state index is 13.5. The quantitative estimate of drug-likeness (QED) is 0.583. The lowest BCUT2D eigenvalue weighted by Gasteiger charge is -2.15. The zero-order valence-electron chi connectivity index (χ0n) is 18.0. The van der Waals surface area contributed by atoms with Crippen molar-refractivity contribution in [2.24, 2.45) is 0 Å².